The summed E-state index contributed by atoms with van der Waals surface area (Å²) in [5.74, 6) is 0.436. The van der Waals surface area contributed by atoms with Gasteiger partial charge in [-0.2, -0.15) is 9.78 Å². The standard InChI is InChI=1S/C11H11BrN2O2/c1-6-10(12)7(2)14(13-6)11(15)9-4-5-16-8(9)3/h4-5H,1-3H3. The minimum Gasteiger partial charge on any atom is -0.469 e. The first-order valence-corrected chi connectivity index (χ1v) is 5.62. The molecule has 0 bridgehead atoms. The minimum atomic E-state index is -0.169. The lowest BCUT2D eigenvalue weighted by Gasteiger charge is -2.01. The SMILES string of the molecule is Cc1nn(C(=O)c2ccoc2C)c(C)c1Br. The summed E-state index contributed by atoms with van der Waals surface area (Å²) in [6.07, 6.45) is 1.50. The molecule has 84 valence electrons. The van der Waals surface area contributed by atoms with Crippen molar-refractivity contribution in [2.45, 2.75) is 20.8 Å². The van der Waals surface area contributed by atoms with Crippen molar-refractivity contribution in [1.29, 1.82) is 0 Å². The zero-order chi connectivity index (χ0) is 11.9. The predicted octanol–water partition coefficient (Wildman–Crippen LogP) is 2.85. The molecule has 0 aliphatic heterocycles. The molecule has 5 heteroatoms. The third-order valence-electron chi connectivity index (χ3n) is 2.48. The first kappa shape index (κ1) is 11.1. The van der Waals surface area contributed by atoms with Gasteiger partial charge in [0.25, 0.3) is 5.91 Å². The Morgan fingerprint density at radius 1 is 1.44 bits per heavy atom. The summed E-state index contributed by atoms with van der Waals surface area (Å²) in [6, 6.07) is 1.65. The Kier molecular flexibility index (Phi) is 2.71. The summed E-state index contributed by atoms with van der Waals surface area (Å²) in [6.45, 7) is 5.45. The van der Waals surface area contributed by atoms with Crippen LogP contribution in [0.5, 0.6) is 0 Å². The van der Waals surface area contributed by atoms with Crippen LogP contribution in [0, 0.1) is 20.8 Å². The second-order valence-corrected chi connectivity index (χ2v) is 4.39. The fourth-order valence-corrected chi connectivity index (χ4v) is 1.79. The molecule has 0 N–H and O–H groups in total. The van der Waals surface area contributed by atoms with Crippen molar-refractivity contribution in [1.82, 2.24) is 9.78 Å². The highest BCUT2D eigenvalue weighted by Gasteiger charge is 2.19. The van der Waals surface area contributed by atoms with Gasteiger partial charge < -0.3 is 4.42 Å². The maximum absolute atomic E-state index is 12.1. The van der Waals surface area contributed by atoms with Crippen LogP contribution < -0.4 is 0 Å². The molecule has 0 aliphatic carbocycles. The van der Waals surface area contributed by atoms with Gasteiger partial charge in [-0.15, -0.1) is 0 Å². The molecule has 16 heavy (non-hydrogen) atoms. The van der Waals surface area contributed by atoms with Crippen molar-refractivity contribution in [2.24, 2.45) is 0 Å². The van der Waals surface area contributed by atoms with Gasteiger partial charge in [-0.3, -0.25) is 4.79 Å². The Balaban J connectivity index is 2.50. The summed E-state index contributed by atoms with van der Waals surface area (Å²) in [7, 11) is 0. The topological polar surface area (TPSA) is 48.0 Å². The molecule has 0 saturated carbocycles. The zero-order valence-electron chi connectivity index (χ0n) is 9.24. The maximum Gasteiger partial charge on any atom is 0.281 e. The van der Waals surface area contributed by atoms with Gasteiger partial charge in [-0.25, -0.2) is 0 Å². The number of carbonyl (C=O) groups is 1. The number of nitrogens with zero attached hydrogens (tertiary/aromatic N) is 2. The van der Waals surface area contributed by atoms with E-state index in [2.05, 4.69) is 21.0 Å². The van der Waals surface area contributed by atoms with Crippen LogP contribution >= 0.6 is 15.9 Å². The Labute approximate surface area is 101 Å². The van der Waals surface area contributed by atoms with Gasteiger partial charge in [-0.1, -0.05) is 0 Å². The minimum absolute atomic E-state index is 0.169. The molecule has 0 unspecified atom stereocenters. The van der Waals surface area contributed by atoms with Crippen LogP contribution in [0.3, 0.4) is 0 Å². The molecule has 0 aromatic carbocycles. The molecule has 0 atom stereocenters. The van der Waals surface area contributed by atoms with Gasteiger partial charge in [-0.05, 0) is 42.8 Å². The maximum atomic E-state index is 12.1. The summed E-state index contributed by atoms with van der Waals surface area (Å²) < 4.78 is 7.36. The van der Waals surface area contributed by atoms with E-state index >= 15 is 0 Å². The molecule has 0 saturated heterocycles. The summed E-state index contributed by atoms with van der Waals surface area (Å²) in [4.78, 5) is 12.1. The van der Waals surface area contributed by atoms with E-state index in [1.807, 2.05) is 13.8 Å². The summed E-state index contributed by atoms with van der Waals surface area (Å²) in [5.41, 5.74) is 2.13. The van der Waals surface area contributed by atoms with Gasteiger partial charge in [0.05, 0.1) is 27.7 Å². The van der Waals surface area contributed by atoms with E-state index in [0.29, 0.717) is 11.3 Å². The smallest absolute Gasteiger partial charge is 0.281 e. The van der Waals surface area contributed by atoms with E-state index < -0.39 is 0 Å². The van der Waals surface area contributed by atoms with Crippen molar-refractivity contribution in [2.75, 3.05) is 0 Å². The highest BCUT2D eigenvalue weighted by atomic mass is 79.9. The molecule has 0 radical (unpaired) electrons. The van der Waals surface area contributed by atoms with E-state index in [-0.39, 0.29) is 5.91 Å². The highest BCUT2D eigenvalue weighted by molar-refractivity contribution is 9.10. The molecular formula is C11H11BrN2O2. The van der Waals surface area contributed by atoms with Crippen molar-refractivity contribution in [3.8, 4) is 0 Å². The monoisotopic (exact) mass is 282 g/mol. The van der Waals surface area contributed by atoms with Gasteiger partial charge in [0.2, 0.25) is 0 Å². The Morgan fingerprint density at radius 3 is 2.56 bits per heavy atom. The fraction of sp³-hybridized carbons (Fsp3) is 0.273. The number of aromatic nitrogens is 2. The van der Waals surface area contributed by atoms with Crippen LogP contribution in [0.25, 0.3) is 0 Å². The lowest BCUT2D eigenvalue weighted by Crippen LogP contribution is -2.15. The number of hydrogen-bond acceptors (Lipinski definition) is 3. The van der Waals surface area contributed by atoms with Gasteiger partial charge in [0.1, 0.15) is 5.76 Å². The number of halogens is 1. The van der Waals surface area contributed by atoms with E-state index in [1.165, 1.54) is 10.9 Å². The molecule has 0 fully saturated rings. The van der Waals surface area contributed by atoms with Crippen molar-refractivity contribution in [3.63, 3.8) is 0 Å². The lowest BCUT2D eigenvalue weighted by molar-refractivity contribution is 0.0941. The molecule has 0 aliphatic rings. The van der Waals surface area contributed by atoms with Crippen LogP contribution in [0.4, 0.5) is 0 Å². The second kappa shape index (κ2) is 3.90. The number of carbonyl (C=O) groups excluding carboxylic acids is 1. The Hall–Kier alpha value is -1.36. The van der Waals surface area contributed by atoms with E-state index in [4.69, 9.17) is 4.42 Å². The van der Waals surface area contributed by atoms with Gasteiger partial charge >= 0.3 is 0 Å². The third kappa shape index (κ3) is 1.61. The van der Waals surface area contributed by atoms with Crippen LogP contribution in [-0.2, 0) is 0 Å². The molecule has 2 heterocycles. The predicted molar refractivity (Wildman–Crippen MR) is 62.6 cm³/mol. The van der Waals surface area contributed by atoms with Crippen molar-refractivity contribution in [3.05, 3.63) is 39.5 Å². The molecule has 0 amide bonds. The number of furan rings is 1. The van der Waals surface area contributed by atoms with Crippen LogP contribution in [-0.4, -0.2) is 15.7 Å². The molecule has 2 aromatic rings. The highest BCUT2D eigenvalue weighted by Crippen LogP contribution is 2.21. The quantitative estimate of drug-likeness (QED) is 0.808. The lowest BCUT2D eigenvalue weighted by atomic mass is 10.2. The summed E-state index contributed by atoms with van der Waals surface area (Å²) in [5, 5.41) is 4.19. The van der Waals surface area contributed by atoms with Crippen LogP contribution in [0.1, 0.15) is 27.5 Å². The average molecular weight is 283 g/mol. The van der Waals surface area contributed by atoms with Crippen LogP contribution in [0.2, 0.25) is 0 Å². The first-order valence-electron chi connectivity index (χ1n) is 4.83. The zero-order valence-corrected chi connectivity index (χ0v) is 10.8. The van der Waals surface area contributed by atoms with E-state index in [0.717, 1.165) is 15.9 Å². The first-order chi connectivity index (χ1) is 7.52. The third-order valence-corrected chi connectivity index (χ3v) is 3.63. The molecular weight excluding hydrogens is 272 g/mol. The van der Waals surface area contributed by atoms with Crippen LogP contribution in [0.15, 0.2) is 21.2 Å². The van der Waals surface area contributed by atoms with E-state index in [9.17, 15) is 4.79 Å². The molecule has 0 spiro atoms. The largest absolute Gasteiger partial charge is 0.469 e. The number of aryl methyl sites for hydroxylation is 2. The van der Waals surface area contributed by atoms with Crippen molar-refractivity contribution >= 4 is 21.8 Å². The van der Waals surface area contributed by atoms with E-state index in [1.54, 1.807) is 13.0 Å². The molecule has 2 aromatic heterocycles. The fourth-order valence-electron chi connectivity index (χ4n) is 1.54. The number of hydrogen-bond donors (Lipinski definition) is 0. The average Bonchev–Trinajstić information content (AvgIpc) is 2.77. The second-order valence-electron chi connectivity index (χ2n) is 3.59. The Morgan fingerprint density at radius 2 is 2.12 bits per heavy atom. The van der Waals surface area contributed by atoms with Gasteiger partial charge in [0.15, 0.2) is 0 Å². The van der Waals surface area contributed by atoms with Crippen molar-refractivity contribution < 1.29 is 9.21 Å². The molecule has 4 nitrogen and oxygen atoms in total. The number of rotatable bonds is 1. The normalized spacial score (nSPS) is 10.8. The molecule has 2 rings (SSSR count). The van der Waals surface area contributed by atoms with Gasteiger partial charge in [0, 0.05) is 0 Å². The Bertz CT molecular complexity index is 554. The summed E-state index contributed by atoms with van der Waals surface area (Å²) >= 11 is 3.39.